The molecule has 1 aromatic carbocycles. The summed E-state index contributed by atoms with van der Waals surface area (Å²) in [6.07, 6.45) is 31.1. The first-order chi connectivity index (χ1) is 18.8. The van der Waals surface area contributed by atoms with Gasteiger partial charge in [-0.05, 0) is 73.6 Å². The van der Waals surface area contributed by atoms with E-state index in [9.17, 15) is 0 Å². The van der Waals surface area contributed by atoms with Crippen LogP contribution in [0.5, 0.6) is 11.5 Å². The Bertz CT molecular complexity index is 667. The molecular weight excluding hydrogens is 464 g/mol. The Morgan fingerprint density at radius 2 is 0.868 bits per heavy atom. The number of benzene rings is 1. The van der Waals surface area contributed by atoms with Crippen molar-refractivity contribution in [2.75, 3.05) is 13.2 Å². The van der Waals surface area contributed by atoms with Crippen molar-refractivity contribution in [3.8, 4) is 11.5 Å². The molecule has 0 N–H and O–H groups in total. The highest BCUT2D eigenvalue weighted by molar-refractivity contribution is 5.31. The minimum atomic E-state index is 0.739. The average molecular weight is 527 g/mol. The van der Waals surface area contributed by atoms with E-state index in [0.717, 1.165) is 48.4 Å². The molecule has 0 heterocycles. The van der Waals surface area contributed by atoms with Crippen LogP contribution in [-0.4, -0.2) is 13.2 Å². The van der Waals surface area contributed by atoms with Crippen LogP contribution < -0.4 is 9.47 Å². The summed E-state index contributed by atoms with van der Waals surface area (Å²) in [5, 5.41) is 0. The van der Waals surface area contributed by atoms with Crippen molar-refractivity contribution in [3.05, 3.63) is 24.3 Å². The van der Waals surface area contributed by atoms with E-state index in [1.54, 1.807) is 0 Å². The summed E-state index contributed by atoms with van der Waals surface area (Å²) < 4.78 is 12.2. The lowest BCUT2D eigenvalue weighted by molar-refractivity contribution is 0.177. The van der Waals surface area contributed by atoms with E-state index < -0.39 is 0 Å². The summed E-state index contributed by atoms with van der Waals surface area (Å²) in [5.41, 5.74) is 0. The van der Waals surface area contributed by atoms with Crippen LogP contribution in [0.3, 0.4) is 0 Å². The Hall–Kier alpha value is -1.18. The summed E-state index contributed by atoms with van der Waals surface area (Å²) in [4.78, 5) is 0. The fourth-order valence-electron chi connectivity index (χ4n) is 6.98. The molecule has 0 unspecified atom stereocenters. The highest BCUT2D eigenvalue weighted by Gasteiger charge is 2.22. The Labute approximate surface area is 237 Å². The fourth-order valence-corrected chi connectivity index (χ4v) is 6.98. The molecule has 2 heteroatoms. The molecule has 0 radical (unpaired) electrons. The second-order valence-electron chi connectivity index (χ2n) is 13.0. The van der Waals surface area contributed by atoms with Crippen LogP contribution >= 0.6 is 0 Å². The van der Waals surface area contributed by atoms with Crippen molar-refractivity contribution in [3.63, 3.8) is 0 Å². The fraction of sp³-hybridized carbons (Fsp3) is 0.833. The van der Waals surface area contributed by atoms with Gasteiger partial charge in [-0.2, -0.15) is 0 Å². The van der Waals surface area contributed by atoms with Gasteiger partial charge in [-0.15, -0.1) is 0 Å². The summed E-state index contributed by atoms with van der Waals surface area (Å²) in [6.45, 7) is 6.33. The third-order valence-electron chi connectivity index (χ3n) is 9.70. The maximum atomic E-state index is 6.16. The van der Waals surface area contributed by atoms with Crippen LogP contribution in [0.15, 0.2) is 24.3 Å². The van der Waals surface area contributed by atoms with Gasteiger partial charge in [-0.25, -0.2) is 0 Å². The van der Waals surface area contributed by atoms with Gasteiger partial charge in [-0.3, -0.25) is 0 Å². The molecular formula is C36H62O2. The summed E-state index contributed by atoms with van der Waals surface area (Å²) in [6, 6.07) is 8.38. The molecule has 3 rings (SSSR count). The molecule has 0 spiro atoms. The maximum absolute atomic E-state index is 6.16. The first-order valence-electron chi connectivity index (χ1n) is 17.1. The van der Waals surface area contributed by atoms with Gasteiger partial charge in [0.2, 0.25) is 0 Å². The van der Waals surface area contributed by atoms with Crippen LogP contribution in [0.1, 0.15) is 155 Å². The monoisotopic (exact) mass is 526 g/mol. The Morgan fingerprint density at radius 1 is 0.474 bits per heavy atom. The topological polar surface area (TPSA) is 18.5 Å². The van der Waals surface area contributed by atoms with Crippen molar-refractivity contribution in [2.24, 2.45) is 23.7 Å². The zero-order valence-corrected chi connectivity index (χ0v) is 25.4. The van der Waals surface area contributed by atoms with Crippen molar-refractivity contribution < 1.29 is 9.47 Å². The molecule has 0 aliphatic heterocycles. The van der Waals surface area contributed by atoms with Gasteiger partial charge in [0, 0.05) is 0 Å². The van der Waals surface area contributed by atoms with Gasteiger partial charge in [0.1, 0.15) is 11.5 Å². The highest BCUT2D eigenvalue weighted by Crippen LogP contribution is 2.35. The van der Waals surface area contributed by atoms with Gasteiger partial charge < -0.3 is 9.47 Å². The second kappa shape index (κ2) is 19.8. The van der Waals surface area contributed by atoms with Crippen LogP contribution in [0.4, 0.5) is 0 Å². The third kappa shape index (κ3) is 13.3. The standard InChI is InChI=1S/C36H62O2/c1-3-5-7-9-11-14-31-17-19-33(20-18-31)16-13-29-37-35-25-27-36(28-26-35)38-30-34-23-21-32(22-24-34)15-12-10-8-6-4-2/h25-28,31-34H,3-24,29-30H2,1-2H3. The molecule has 0 aromatic heterocycles. The van der Waals surface area contributed by atoms with E-state index >= 15 is 0 Å². The molecule has 2 aliphatic rings. The van der Waals surface area contributed by atoms with E-state index in [1.807, 2.05) is 0 Å². The SMILES string of the molecule is CCCCCCCC1CCC(CCCOc2ccc(OCC3CCC(CCCCCCC)CC3)cc2)CC1. The molecule has 0 amide bonds. The quantitative estimate of drug-likeness (QED) is 0.157. The number of unbranched alkanes of at least 4 members (excludes halogenated alkanes) is 8. The first kappa shape index (κ1) is 31.3. The lowest BCUT2D eigenvalue weighted by atomic mass is 9.78. The lowest BCUT2D eigenvalue weighted by Crippen LogP contribution is -2.20. The van der Waals surface area contributed by atoms with E-state index in [4.69, 9.17) is 9.47 Å². The molecule has 1 aromatic rings. The molecule has 38 heavy (non-hydrogen) atoms. The predicted octanol–water partition coefficient (Wildman–Crippen LogP) is 11.6. The molecule has 2 fully saturated rings. The van der Waals surface area contributed by atoms with Crippen molar-refractivity contribution in [1.82, 2.24) is 0 Å². The molecule has 2 saturated carbocycles. The second-order valence-corrected chi connectivity index (χ2v) is 13.0. The minimum absolute atomic E-state index is 0.739. The molecule has 0 atom stereocenters. The average Bonchev–Trinajstić information content (AvgIpc) is 2.96. The molecule has 218 valence electrons. The number of hydrogen-bond acceptors (Lipinski definition) is 2. The maximum Gasteiger partial charge on any atom is 0.119 e. The van der Waals surface area contributed by atoms with Gasteiger partial charge in [0.25, 0.3) is 0 Å². The highest BCUT2D eigenvalue weighted by atomic mass is 16.5. The Morgan fingerprint density at radius 3 is 1.34 bits per heavy atom. The number of hydrogen-bond donors (Lipinski definition) is 0. The lowest BCUT2D eigenvalue weighted by Gasteiger charge is -2.28. The normalized spacial score (nSPS) is 23.8. The zero-order valence-electron chi connectivity index (χ0n) is 25.4. The number of rotatable bonds is 20. The van der Waals surface area contributed by atoms with Crippen molar-refractivity contribution >= 4 is 0 Å². The van der Waals surface area contributed by atoms with E-state index in [1.165, 1.54) is 141 Å². The van der Waals surface area contributed by atoms with Gasteiger partial charge >= 0.3 is 0 Å². The molecule has 2 nitrogen and oxygen atoms in total. The summed E-state index contributed by atoms with van der Waals surface area (Å²) in [7, 11) is 0. The number of ether oxygens (including phenoxy) is 2. The Balaban J connectivity index is 1.18. The van der Waals surface area contributed by atoms with Gasteiger partial charge in [0.05, 0.1) is 13.2 Å². The van der Waals surface area contributed by atoms with Crippen LogP contribution in [0, 0.1) is 23.7 Å². The predicted molar refractivity (Wildman–Crippen MR) is 164 cm³/mol. The van der Waals surface area contributed by atoms with Crippen LogP contribution in [0.25, 0.3) is 0 Å². The van der Waals surface area contributed by atoms with Gasteiger partial charge in [-0.1, -0.05) is 129 Å². The molecule has 2 aliphatic carbocycles. The largest absolute Gasteiger partial charge is 0.494 e. The van der Waals surface area contributed by atoms with E-state index in [2.05, 4.69) is 38.1 Å². The summed E-state index contributed by atoms with van der Waals surface area (Å²) in [5.74, 6) is 5.66. The smallest absolute Gasteiger partial charge is 0.119 e. The first-order valence-corrected chi connectivity index (χ1v) is 17.1. The van der Waals surface area contributed by atoms with Crippen LogP contribution in [0.2, 0.25) is 0 Å². The van der Waals surface area contributed by atoms with Crippen LogP contribution in [-0.2, 0) is 0 Å². The van der Waals surface area contributed by atoms with E-state index in [-0.39, 0.29) is 0 Å². The molecule has 0 saturated heterocycles. The summed E-state index contributed by atoms with van der Waals surface area (Å²) >= 11 is 0. The molecule has 0 bridgehead atoms. The van der Waals surface area contributed by atoms with Crippen molar-refractivity contribution in [1.29, 1.82) is 0 Å². The van der Waals surface area contributed by atoms with Crippen molar-refractivity contribution in [2.45, 2.75) is 155 Å². The zero-order chi connectivity index (χ0) is 26.7. The minimum Gasteiger partial charge on any atom is -0.494 e. The Kier molecular flexibility index (Phi) is 16.3. The van der Waals surface area contributed by atoms with Gasteiger partial charge in [0.15, 0.2) is 0 Å². The van der Waals surface area contributed by atoms with E-state index in [0.29, 0.717) is 0 Å². The third-order valence-corrected chi connectivity index (χ3v) is 9.70.